The average molecular weight is 334 g/mol. The average Bonchev–Trinajstić information content (AvgIpc) is 2.56. The maximum absolute atomic E-state index is 9.06. The summed E-state index contributed by atoms with van der Waals surface area (Å²) in [6, 6.07) is 0. The van der Waals surface area contributed by atoms with Gasteiger partial charge < -0.3 is 5.11 Å². The lowest BCUT2D eigenvalue weighted by molar-refractivity contribution is 0.156. The molecule has 0 saturated heterocycles. The molecule has 1 unspecified atom stereocenters. The Morgan fingerprint density at radius 3 is 1.62 bits per heavy atom. The highest BCUT2D eigenvalue weighted by molar-refractivity contribution is 4.99. The molecule has 0 bridgehead atoms. The SMILES string of the molecule is CCCCC/C=C\C/C=C\C/C=C\C/C=C\CCCCNC(C)O. The van der Waals surface area contributed by atoms with Crippen molar-refractivity contribution in [2.24, 2.45) is 0 Å². The molecule has 0 fully saturated rings. The van der Waals surface area contributed by atoms with Gasteiger partial charge >= 0.3 is 0 Å². The summed E-state index contributed by atoms with van der Waals surface area (Å²) >= 11 is 0. The van der Waals surface area contributed by atoms with E-state index in [1.54, 1.807) is 6.92 Å². The van der Waals surface area contributed by atoms with Gasteiger partial charge in [-0.1, -0.05) is 68.4 Å². The molecule has 0 rings (SSSR count). The molecule has 1 atom stereocenters. The molecule has 24 heavy (non-hydrogen) atoms. The lowest BCUT2D eigenvalue weighted by Crippen LogP contribution is -2.26. The monoisotopic (exact) mass is 333 g/mol. The van der Waals surface area contributed by atoms with Crippen molar-refractivity contribution in [3.05, 3.63) is 48.6 Å². The zero-order valence-electron chi connectivity index (χ0n) is 15.9. The van der Waals surface area contributed by atoms with E-state index in [0.717, 1.165) is 38.6 Å². The van der Waals surface area contributed by atoms with E-state index < -0.39 is 0 Å². The Morgan fingerprint density at radius 1 is 0.708 bits per heavy atom. The zero-order valence-corrected chi connectivity index (χ0v) is 15.9. The summed E-state index contributed by atoms with van der Waals surface area (Å²) in [7, 11) is 0. The Bertz CT molecular complexity index is 353. The summed E-state index contributed by atoms with van der Waals surface area (Å²) < 4.78 is 0. The Balaban J connectivity index is 3.36. The molecule has 0 aromatic rings. The van der Waals surface area contributed by atoms with Crippen LogP contribution in [0.4, 0.5) is 0 Å². The molecule has 0 aliphatic carbocycles. The molecule has 2 heteroatoms. The minimum atomic E-state index is -0.387. The number of aliphatic hydroxyl groups is 1. The summed E-state index contributed by atoms with van der Waals surface area (Å²) in [5.74, 6) is 0. The van der Waals surface area contributed by atoms with E-state index in [1.165, 1.54) is 32.1 Å². The molecular formula is C22H39NO. The molecule has 138 valence electrons. The minimum absolute atomic E-state index is 0.387. The molecule has 0 heterocycles. The van der Waals surface area contributed by atoms with E-state index in [4.69, 9.17) is 5.11 Å². The molecule has 0 radical (unpaired) electrons. The second-order valence-corrected chi connectivity index (χ2v) is 6.21. The Hall–Kier alpha value is -1.12. The molecule has 2 nitrogen and oxygen atoms in total. The van der Waals surface area contributed by atoms with Crippen molar-refractivity contribution in [2.45, 2.75) is 84.3 Å². The van der Waals surface area contributed by atoms with Crippen molar-refractivity contribution in [2.75, 3.05) is 6.54 Å². The second-order valence-electron chi connectivity index (χ2n) is 6.21. The highest BCUT2D eigenvalue weighted by Crippen LogP contribution is 2.01. The standard InChI is InChI=1S/C22H39NO/c1-3-4-5-6-7-8-9-10-11-12-13-14-15-16-17-18-19-20-21-23-22(2)24/h7-8,10-11,13-14,16-17,22-24H,3-6,9,12,15,18-21H2,1-2H3/b8-7-,11-10-,14-13-,17-16-. The van der Waals surface area contributed by atoms with Gasteiger partial charge in [0.25, 0.3) is 0 Å². The Kier molecular flexibility index (Phi) is 19.0. The van der Waals surface area contributed by atoms with Crippen LogP contribution in [0.5, 0.6) is 0 Å². The summed E-state index contributed by atoms with van der Waals surface area (Å²) in [5.41, 5.74) is 0. The summed E-state index contributed by atoms with van der Waals surface area (Å²) in [6.07, 6.45) is 29.4. The van der Waals surface area contributed by atoms with Crippen LogP contribution in [0.25, 0.3) is 0 Å². The maximum Gasteiger partial charge on any atom is 0.102 e. The van der Waals surface area contributed by atoms with Crippen LogP contribution >= 0.6 is 0 Å². The van der Waals surface area contributed by atoms with Gasteiger partial charge in [-0.05, 0) is 64.8 Å². The first-order valence-corrected chi connectivity index (χ1v) is 9.78. The first-order chi connectivity index (χ1) is 11.8. The molecule has 2 N–H and O–H groups in total. The Labute approximate surface area is 150 Å². The summed E-state index contributed by atoms with van der Waals surface area (Å²) in [4.78, 5) is 0. The Morgan fingerprint density at radius 2 is 1.17 bits per heavy atom. The van der Waals surface area contributed by atoms with Gasteiger partial charge in [0.1, 0.15) is 6.23 Å². The lowest BCUT2D eigenvalue weighted by atomic mass is 10.2. The van der Waals surface area contributed by atoms with Gasteiger partial charge in [-0.2, -0.15) is 0 Å². The third-order valence-corrected chi connectivity index (χ3v) is 3.69. The predicted octanol–water partition coefficient (Wildman–Crippen LogP) is 6.06. The normalized spacial score (nSPS) is 14.0. The van der Waals surface area contributed by atoms with Gasteiger partial charge in [0.15, 0.2) is 0 Å². The fourth-order valence-electron chi connectivity index (χ4n) is 2.26. The van der Waals surface area contributed by atoms with Crippen molar-refractivity contribution in [1.82, 2.24) is 5.32 Å². The maximum atomic E-state index is 9.06. The molecule has 0 aromatic heterocycles. The highest BCUT2D eigenvalue weighted by Gasteiger charge is 1.91. The van der Waals surface area contributed by atoms with Crippen LogP contribution in [0.2, 0.25) is 0 Å². The largest absolute Gasteiger partial charge is 0.379 e. The summed E-state index contributed by atoms with van der Waals surface area (Å²) in [6.45, 7) is 4.90. The van der Waals surface area contributed by atoms with Crippen LogP contribution in [0.15, 0.2) is 48.6 Å². The number of allylic oxidation sites excluding steroid dienone is 8. The smallest absolute Gasteiger partial charge is 0.102 e. The third-order valence-electron chi connectivity index (χ3n) is 3.69. The summed E-state index contributed by atoms with van der Waals surface area (Å²) in [5, 5.41) is 12.1. The van der Waals surface area contributed by atoms with E-state index in [-0.39, 0.29) is 6.23 Å². The molecule has 0 aliphatic rings. The van der Waals surface area contributed by atoms with Gasteiger partial charge in [0, 0.05) is 0 Å². The van der Waals surface area contributed by atoms with Crippen LogP contribution in [0.3, 0.4) is 0 Å². The molecule has 0 aromatic carbocycles. The number of aliphatic hydroxyl groups excluding tert-OH is 1. The molecule has 0 amide bonds. The van der Waals surface area contributed by atoms with E-state index in [2.05, 4.69) is 60.8 Å². The van der Waals surface area contributed by atoms with E-state index in [0.29, 0.717) is 0 Å². The fraction of sp³-hybridized carbons (Fsp3) is 0.636. The lowest BCUT2D eigenvalue weighted by Gasteiger charge is -2.05. The van der Waals surface area contributed by atoms with Crippen LogP contribution in [-0.4, -0.2) is 17.9 Å². The van der Waals surface area contributed by atoms with E-state index >= 15 is 0 Å². The van der Waals surface area contributed by atoms with E-state index in [1.807, 2.05) is 0 Å². The third kappa shape index (κ3) is 20.9. The zero-order chi connectivity index (χ0) is 17.7. The topological polar surface area (TPSA) is 32.3 Å². The fourth-order valence-corrected chi connectivity index (χ4v) is 2.26. The first kappa shape index (κ1) is 22.9. The quantitative estimate of drug-likeness (QED) is 0.204. The number of nitrogens with one attached hydrogen (secondary N) is 1. The van der Waals surface area contributed by atoms with Gasteiger partial charge in [0.2, 0.25) is 0 Å². The van der Waals surface area contributed by atoms with Gasteiger partial charge in [-0.3, -0.25) is 5.32 Å². The molecular weight excluding hydrogens is 294 g/mol. The highest BCUT2D eigenvalue weighted by atomic mass is 16.3. The molecule has 0 aliphatic heterocycles. The number of hydrogen-bond acceptors (Lipinski definition) is 2. The second kappa shape index (κ2) is 19.9. The van der Waals surface area contributed by atoms with Crippen molar-refractivity contribution in [3.63, 3.8) is 0 Å². The predicted molar refractivity (Wildman–Crippen MR) is 108 cm³/mol. The van der Waals surface area contributed by atoms with E-state index in [9.17, 15) is 0 Å². The van der Waals surface area contributed by atoms with Crippen molar-refractivity contribution >= 4 is 0 Å². The van der Waals surface area contributed by atoms with Crippen LogP contribution in [0, 0.1) is 0 Å². The van der Waals surface area contributed by atoms with Gasteiger partial charge in [0.05, 0.1) is 0 Å². The minimum Gasteiger partial charge on any atom is -0.379 e. The van der Waals surface area contributed by atoms with Crippen LogP contribution in [0.1, 0.15) is 78.1 Å². The van der Waals surface area contributed by atoms with Gasteiger partial charge in [-0.25, -0.2) is 0 Å². The van der Waals surface area contributed by atoms with Crippen molar-refractivity contribution < 1.29 is 5.11 Å². The van der Waals surface area contributed by atoms with Crippen molar-refractivity contribution in [3.8, 4) is 0 Å². The first-order valence-electron chi connectivity index (χ1n) is 9.78. The molecule has 0 spiro atoms. The van der Waals surface area contributed by atoms with Gasteiger partial charge in [-0.15, -0.1) is 0 Å². The van der Waals surface area contributed by atoms with Crippen LogP contribution in [-0.2, 0) is 0 Å². The van der Waals surface area contributed by atoms with Crippen molar-refractivity contribution in [1.29, 1.82) is 0 Å². The number of rotatable bonds is 16. The van der Waals surface area contributed by atoms with Crippen LogP contribution < -0.4 is 5.32 Å². The molecule has 0 saturated carbocycles. The number of unbranched alkanes of at least 4 members (excludes halogenated alkanes) is 5. The number of hydrogen-bond donors (Lipinski definition) is 2.